The van der Waals surface area contributed by atoms with Gasteiger partial charge in [0.05, 0.1) is 5.75 Å². The molecule has 10 heteroatoms. The fourth-order valence-corrected chi connectivity index (χ4v) is 5.44. The van der Waals surface area contributed by atoms with Crippen molar-refractivity contribution in [3.8, 4) is 0 Å². The molecule has 0 aromatic carbocycles. The Kier molecular flexibility index (Phi) is 8.10. The molecule has 9 nitrogen and oxygen atoms in total. The average molecular weight is 478 g/mol. The number of aryl methyl sites for hydroxylation is 2. The maximum atomic E-state index is 12.7. The molecule has 0 radical (unpaired) electrons. The Labute approximate surface area is 198 Å². The third-order valence-electron chi connectivity index (χ3n) is 6.05. The van der Waals surface area contributed by atoms with Gasteiger partial charge in [-0.2, -0.15) is 0 Å². The van der Waals surface area contributed by atoms with Crippen LogP contribution in [0.25, 0.3) is 0 Å². The van der Waals surface area contributed by atoms with Gasteiger partial charge in [0, 0.05) is 56.8 Å². The predicted octanol–water partition coefficient (Wildman–Crippen LogP) is 2.40. The Hall–Kier alpha value is -2.07. The van der Waals surface area contributed by atoms with E-state index in [0.717, 1.165) is 62.9 Å². The van der Waals surface area contributed by atoms with Gasteiger partial charge < -0.3 is 9.47 Å². The SMILES string of the molecule is CCCc1cc(N2CCN(CCCS(=O)(=O)c3nnc(CC)n3C)CC2)nc(C(C)(C)C)n1. The predicted molar refractivity (Wildman–Crippen MR) is 130 cm³/mol. The van der Waals surface area contributed by atoms with E-state index >= 15 is 0 Å². The molecule has 3 rings (SSSR count). The number of piperazine rings is 1. The van der Waals surface area contributed by atoms with E-state index in [9.17, 15) is 8.42 Å². The highest BCUT2D eigenvalue weighted by Crippen LogP contribution is 2.23. The Morgan fingerprint density at radius 1 is 1.03 bits per heavy atom. The number of hydrogen-bond acceptors (Lipinski definition) is 8. The van der Waals surface area contributed by atoms with E-state index in [1.165, 1.54) is 0 Å². The Balaban J connectivity index is 1.56. The zero-order valence-corrected chi connectivity index (χ0v) is 21.8. The minimum Gasteiger partial charge on any atom is -0.354 e. The van der Waals surface area contributed by atoms with Crippen LogP contribution in [0.15, 0.2) is 11.2 Å². The molecule has 184 valence electrons. The molecule has 33 heavy (non-hydrogen) atoms. The number of anilines is 1. The van der Waals surface area contributed by atoms with Crippen LogP contribution in [0, 0.1) is 0 Å². The summed E-state index contributed by atoms with van der Waals surface area (Å²) in [4.78, 5) is 14.3. The lowest BCUT2D eigenvalue weighted by molar-refractivity contribution is 0.258. The van der Waals surface area contributed by atoms with Crippen molar-refractivity contribution in [1.82, 2.24) is 29.6 Å². The molecule has 1 fully saturated rings. The molecule has 1 aliphatic rings. The minimum atomic E-state index is -3.43. The smallest absolute Gasteiger partial charge is 0.249 e. The molecule has 0 amide bonds. The molecule has 0 aliphatic carbocycles. The Morgan fingerprint density at radius 3 is 2.30 bits per heavy atom. The third-order valence-corrected chi connectivity index (χ3v) is 7.78. The zero-order valence-electron chi connectivity index (χ0n) is 21.0. The number of sulfone groups is 1. The van der Waals surface area contributed by atoms with Crippen LogP contribution >= 0.6 is 0 Å². The van der Waals surface area contributed by atoms with Crippen molar-refractivity contribution in [2.45, 2.75) is 70.9 Å². The van der Waals surface area contributed by atoms with Gasteiger partial charge in [-0.15, -0.1) is 10.2 Å². The summed E-state index contributed by atoms with van der Waals surface area (Å²) in [7, 11) is -1.71. The van der Waals surface area contributed by atoms with Gasteiger partial charge in [-0.05, 0) is 19.4 Å². The molecule has 1 aliphatic heterocycles. The van der Waals surface area contributed by atoms with E-state index in [-0.39, 0.29) is 16.3 Å². The van der Waals surface area contributed by atoms with Gasteiger partial charge in [0.1, 0.15) is 17.5 Å². The third kappa shape index (κ3) is 6.29. The molecule has 0 bridgehead atoms. The quantitative estimate of drug-likeness (QED) is 0.543. The average Bonchev–Trinajstić information content (AvgIpc) is 3.15. The van der Waals surface area contributed by atoms with Gasteiger partial charge in [-0.1, -0.05) is 41.0 Å². The highest BCUT2D eigenvalue weighted by Gasteiger charge is 2.25. The molecule has 3 heterocycles. The van der Waals surface area contributed by atoms with Crippen molar-refractivity contribution in [3.63, 3.8) is 0 Å². The first-order chi connectivity index (χ1) is 15.5. The molecule has 1 saturated heterocycles. The summed E-state index contributed by atoms with van der Waals surface area (Å²) in [5, 5.41) is 7.96. The lowest BCUT2D eigenvalue weighted by Crippen LogP contribution is -2.47. The maximum absolute atomic E-state index is 12.7. The highest BCUT2D eigenvalue weighted by molar-refractivity contribution is 7.91. The van der Waals surface area contributed by atoms with Crippen LogP contribution in [0.4, 0.5) is 5.82 Å². The molecule has 0 saturated carbocycles. The van der Waals surface area contributed by atoms with E-state index in [0.29, 0.717) is 18.7 Å². The van der Waals surface area contributed by atoms with Crippen molar-refractivity contribution >= 4 is 15.7 Å². The van der Waals surface area contributed by atoms with Gasteiger partial charge in [-0.3, -0.25) is 4.90 Å². The molecule has 0 unspecified atom stereocenters. The molecule has 0 N–H and O–H groups in total. The highest BCUT2D eigenvalue weighted by atomic mass is 32.2. The first-order valence-corrected chi connectivity index (χ1v) is 13.7. The van der Waals surface area contributed by atoms with Crippen LogP contribution in [0.3, 0.4) is 0 Å². The first kappa shape index (κ1) is 25.6. The van der Waals surface area contributed by atoms with Crippen LogP contribution in [0.5, 0.6) is 0 Å². The van der Waals surface area contributed by atoms with Crippen LogP contribution in [-0.2, 0) is 35.1 Å². The standard InChI is InChI=1S/C23H39N7O2S/c1-7-10-18-17-20(25-21(24-18)23(3,4)5)30-14-12-29(13-15-30)11-9-16-33(31,32)22-27-26-19(8-2)28(22)6/h17H,7-16H2,1-6H3. The van der Waals surface area contributed by atoms with Crippen molar-refractivity contribution in [2.24, 2.45) is 7.05 Å². The zero-order chi connectivity index (χ0) is 24.2. The fraction of sp³-hybridized carbons (Fsp3) is 0.739. The second-order valence-electron chi connectivity index (χ2n) is 9.85. The largest absolute Gasteiger partial charge is 0.354 e. The lowest BCUT2D eigenvalue weighted by atomic mass is 9.95. The Morgan fingerprint density at radius 2 is 1.73 bits per heavy atom. The monoisotopic (exact) mass is 477 g/mol. The van der Waals surface area contributed by atoms with Crippen LogP contribution in [0.1, 0.15) is 64.8 Å². The number of aromatic nitrogens is 5. The second kappa shape index (κ2) is 10.5. The number of nitrogens with zero attached hydrogens (tertiary/aromatic N) is 7. The van der Waals surface area contributed by atoms with Crippen LogP contribution in [-0.4, -0.2) is 76.5 Å². The van der Waals surface area contributed by atoms with E-state index in [1.807, 2.05) is 6.92 Å². The summed E-state index contributed by atoms with van der Waals surface area (Å²) >= 11 is 0. The van der Waals surface area contributed by atoms with Crippen molar-refractivity contribution in [3.05, 3.63) is 23.4 Å². The maximum Gasteiger partial charge on any atom is 0.249 e. The number of rotatable bonds is 9. The van der Waals surface area contributed by atoms with Crippen molar-refractivity contribution < 1.29 is 8.42 Å². The minimum absolute atomic E-state index is 0.0745. The molecule has 0 atom stereocenters. The van der Waals surface area contributed by atoms with Gasteiger partial charge in [0.25, 0.3) is 0 Å². The van der Waals surface area contributed by atoms with Crippen LogP contribution in [0.2, 0.25) is 0 Å². The van der Waals surface area contributed by atoms with Crippen molar-refractivity contribution in [2.75, 3.05) is 43.4 Å². The summed E-state index contributed by atoms with van der Waals surface area (Å²) in [6.45, 7) is 14.9. The molecule has 2 aromatic heterocycles. The number of hydrogen-bond donors (Lipinski definition) is 0. The molecule has 0 spiro atoms. The lowest BCUT2D eigenvalue weighted by Gasteiger charge is -2.36. The normalized spacial score (nSPS) is 15.9. The van der Waals surface area contributed by atoms with Crippen molar-refractivity contribution in [1.29, 1.82) is 0 Å². The Bertz CT molecular complexity index is 1040. The summed E-state index contributed by atoms with van der Waals surface area (Å²) in [6, 6.07) is 2.13. The van der Waals surface area contributed by atoms with Gasteiger partial charge >= 0.3 is 0 Å². The molecular weight excluding hydrogens is 438 g/mol. The topological polar surface area (TPSA) is 97.1 Å². The van der Waals surface area contributed by atoms with E-state index in [4.69, 9.17) is 9.97 Å². The summed E-state index contributed by atoms with van der Waals surface area (Å²) in [5.74, 6) is 2.68. The molecule has 2 aromatic rings. The van der Waals surface area contributed by atoms with Crippen LogP contribution < -0.4 is 4.90 Å². The van der Waals surface area contributed by atoms with E-state index < -0.39 is 9.84 Å². The summed E-state index contributed by atoms with van der Waals surface area (Å²) < 4.78 is 27.0. The van der Waals surface area contributed by atoms with Gasteiger partial charge in [0.2, 0.25) is 15.0 Å². The fourth-order valence-electron chi connectivity index (χ4n) is 4.06. The van der Waals surface area contributed by atoms with E-state index in [1.54, 1.807) is 11.6 Å². The summed E-state index contributed by atoms with van der Waals surface area (Å²) in [6.07, 6.45) is 3.26. The summed E-state index contributed by atoms with van der Waals surface area (Å²) in [5.41, 5.74) is 1.02. The van der Waals surface area contributed by atoms with Gasteiger partial charge in [0.15, 0.2) is 0 Å². The molecular formula is C23H39N7O2S. The van der Waals surface area contributed by atoms with Gasteiger partial charge in [-0.25, -0.2) is 18.4 Å². The first-order valence-electron chi connectivity index (χ1n) is 12.0. The second-order valence-corrected chi connectivity index (χ2v) is 11.9. The van der Waals surface area contributed by atoms with E-state index in [2.05, 4.69) is 53.8 Å².